The lowest BCUT2D eigenvalue weighted by Gasteiger charge is -2.02. The topological polar surface area (TPSA) is 57.0 Å². The van der Waals surface area contributed by atoms with Gasteiger partial charge in [0.15, 0.2) is 5.76 Å². The molecular formula is C23H15N3O2. The first kappa shape index (κ1) is 16.2. The number of fused-ring (bicyclic) bond motifs is 1. The number of aromatic nitrogens is 3. The van der Waals surface area contributed by atoms with E-state index < -0.39 is 0 Å². The van der Waals surface area contributed by atoms with Crippen LogP contribution in [0.3, 0.4) is 0 Å². The van der Waals surface area contributed by atoms with Crippen LogP contribution in [-0.2, 0) is 0 Å². The summed E-state index contributed by atoms with van der Waals surface area (Å²) in [6.07, 6.45) is 3.64. The van der Waals surface area contributed by atoms with Crippen LogP contribution in [0.4, 0.5) is 0 Å². The first-order valence-electron chi connectivity index (χ1n) is 8.89. The first-order valence-corrected chi connectivity index (χ1v) is 8.89. The highest BCUT2D eigenvalue weighted by molar-refractivity contribution is 6.14. The molecular weight excluding hydrogens is 350 g/mol. The second-order valence-electron chi connectivity index (χ2n) is 6.44. The van der Waals surface area contributed by atoms with Crippen molar-refractivity contribution in [2.24, 2.45) is 0 Å². The molecule has 1 aromatic heterocycles. The molecule has 134 valence electrons. The average molecular weight is 365 g/mol. The standard InChI is InChI=1S/C23H15N3O2/c27-23-19-8-4-5-9-21(19)28-22(23)14-16-10-12-18(13-11-16)26-15-20(24-25-26)17-6-2-1-3-7-17/h1-15H/b22-14-. The summed E-state index contributed by atoms with van der Waals surface area (Å²) in [6, 6.07) is 24.9. The quantitative estimate of drug-likeness (QED) is 0.500. The van der Waals surface area contributed by atoms with Crippen molar-refractivity contribution in [1.82, 2.24) is 15.0 Å². The van der Waals surface area contributed by atoms with Gasteiger partial charge in [0.1, 0.15) is 11.4 Å². The lowest BCUT2D eigenvalue weighted by Crippen LogP contribution is -1.98. The predicted molar refractivity (Wildman–Crippen MR) is 106 cm³/mol. The Morgan fingerprint density at radius 1 is 0.857 bits per heavy atom. The minimum Gasteiger partial charge on any atom is -0.452 e. The number of hydrogen-bond acceptors (Lipinski definition) is 4. The molecule has 0 spiro atoms. The van der Waals surface area contributed by atoms with Crippen LogP contribution in [0.25, 0.3) is 23.0 Å². The zero-order chi connectivity index (χ0) is 18.9. The van der Waals surface area contributed by atoms with Gasteiger partial charge < -0.3 is 4.74 Å². The Morgan fingerprint density at radius 3 is 2.39 bits per heavy atom. The van der Waals surface area contributed by atoms with Crippen LogP contribution in [-0.4, -0.2) is 20.8 Å². The number of ketones is 1. The SMILES string of the molecule is O=C1/C(=C/c2ccc(-n3cc(-c4ccccc4)nn3)cc2)Oc2ccccc21. The third kappa shape index (κ3) is 2.89. The van der Waals surface area contributed by atoms with E-state index in [0.29, 0.717) is 17.1 Å². The average Bonchev–Trinajstić information content (AvgIpc) is 3.35. The number of carbonyl (C=O) groups is 1. The summed E-state index contributed by atoms with van der Waals surface area (Å²) in [4.78, 5) is 12.4. The molecule has 4 aromatic rings. The Labute approximate surface area is 161 Å². The molecule has 0 saturated carbocycles. The number of allylic oxidation sites excluding steroid dienone is 1. The maximum atomic E-state index is 12.4. The molecule has 0 radical (unpaired) electrons. The molecule has 5 heteroatoms. The Hall–Kier alpha value is -3.99. The van der Waals surface area contributed by atoms with Gasteiger partial charge in [-0.2, -0.15) is 0 Å². The number of ether oxygens (including phenoxy) is 1. The summed E-state index contributed by atoms with van der Waals surface area (Å²) >= 11 is 0. The second-order valence-corrected chi connectivity index (χ2v) is 6.44. The maximum Gasteiger partial charge on any atom is 0.231 e. The molecule has 3 aromatic carbocycles. The maximum absolute atomic E-state index is 12.4. The molecule has 0 fully saturated rings. The summed E-state index contributed by atoms with van der Waals surface area (Å²) in [5.41, 5.74) is 4.20. The van der Waals surface area contributed by atoms with E-state index in [1.807, 2.05) is 72.9 Å². The van der Waals surface area contributed by atoms with Gasteiger partial charge in [-0.3, -0.25) is 4.79 Å². The number of nitrogens with zero attached hydrogens (tertiary/aromatic N) is 3. The van der Waals surface area contributed by atoms with Crippen LogP contribution >= 0.6 is 0 Å². The smallest absolute Gasteiger partial charge is 0.231 e. The van der Waals surface area contributed by atoms with Crippen molar-refractivity contribution in [2.75, 3.05) is 0 Å². The normalized spacial score (nSPS) is 14.1. The lowest BCUT2D eigenvalue weighted by molar-refractivity contribution is 0.101. The van der Waals surface area contributed by atoms with Gasteiger partial charge in [0.05, 0.1) is 17.4 Å². The van der Waals surface area contributed by atoms with Crippen LogP contribution in [0.5, 0.6) is 5.75 Å². The van der Waals surface area contributed by atoms with Crippen molar-refractivity contribution in [2.45, 2.75) is 0 Å². The summed E-state index contributed by atoms with van der Waals surface area (Å²) < 4.78 is 7.40. The van der Waals surface area contributed by atoms with E-state index in [1.54, 1.807) is 22.9 Å². The summed E-state index contributed by atoms with van der Waals surface area (Å²) in [6.45, 7) is 0. The Kier molecular flexibility index (Phi) is 3.84. The molecule has 28 heavy (non-hydrogen) atoms. The van der Waals surface area contributed by atoms with Crippen molar-refractivity contribution in [3.05, 3.63) is 102 Å². The molecule has 0 aliphatic carbocycles. The van der Waals surface area contributed by atoms with E-state index in [4.69, 9.17) is 4.74 Å². The zero-order valence-corrected chi connectivity index (χ0v) is 14.8. The predicted octanol–water partition coefficient (Wildman–Crippen LogP) is 4.55. The number of para-hydroxylation sites is 1. The van der Waals surface area contributed by atoms with Gasteiger partial charge in [0.25, 0.3) is 0 Å². The van der Waals surface area contributed by atoms with Gasteiger partial charge in [-0.25, -0.2) is 4.68 Å². The van der Waals surface area contributed by atoms with Gasteiger partial charge in [-0.05, 0) is 35.9 Å². The number of Topliss-reactive ketones (excluding diaryl/α,β-unsaturated/α-hetero) is 1. The molecule has 1 aliphatic heterocycles. The summed E-state index contributed by atoms with van der Waals surface area (Å²) in [5.74, 6) is 0.843. The molecule has 1 aliphatic rings. The van der Waals surface area contributed by atoms with E-state index in [9.17, 15) is 4.79 Å². The second kappa shape index (κ2) is 6.63. The highest BCUT2D eigenvalue weighted by atomic mass is 16.5. The van der Waals surface area contributed by atoms with Crippen molar-refractivity contribution >= 4 is 11.9 Å². The fourth-order valence-corrected chi connectivity index (χ4v) is 3.14. The fourth-order valence-electron chi connectivity index (χ4n) is 3.14. The molecule has 5 rings (SSSR count). The molecule has 0 N–H and O–H groups in total. The van der Waals surface area contributed by atoms with E-state index in [1.165, 1.54) is 0 Å². The van der Waals surface area contributed by atoms with Crippen molar-refractivity contribution < 1.29 is 9.53 Å². The number of rotatable bonds is 3. The van der Waals surface area contributed by atoms with E-state index >= 15 is 0 Å². The van der Waals surface area contributed by atoms with Gasteiger partial charge in [-0.15, -0.1) is 5.10 Å². The number of hydrogen-bond donors (Lipinski definition) is 0. The van der Waals surface area contributed by atoms with Gasteiger partial charge in [0.2, 0.25) is 5.78 Å². The fraction of sp³-hybridized carbons (Fsp3) is 0. The monoisotopic (exact) mass is 365 g/mol. The van der Waals surface area contributed by atoms with Crippen LogP contribution < -0.4 is 4.74 Å². The summed E-state index contributed by atoms with van der Waals surface area (Å²) in [5, 5.41) is 8.45. The molecule has 0 amide bonds. The van der Waals surface area contributed by atoms with Crippen molar-refractivity contribution in [1.29, 1.82) is 0 Å². The van der Waals surface area contributed by atoms with Crippen LogP contribution in [0, 0.1) is 0 Å². The third-order valence-corrected chi connectivity index (χ3v) is 4.59. The molecule has 2 heterocycles. The Balaban J connectivity index is 1.39. The highest BCUT2D eigenvalue weighted by Crippen LogP contribution is 2.31. The Bertz CT molecular complexity index is 1190. The van der Waals surface area contributed by atoms with Crippen molar-refractivity contribution in [3.8, 4) is 22.7 Å². The number of benzene rings is 3. The van der Waals surface area contributed by atoms with Crippen LogP contribution in [0.1, 0.15) is 15.9 Å². The van der Waals surface area contributed by atoms with E-state index in [-0.39, 0.29) is 5.78 Å². The minimum atomic E-state index is -0.0940. The third-order valence-electron chi connectivity index (χ3n) is 4.59. The summed E-state index contributed by atoms with van der Waals surface area (Å²) in [7, 11) is 0. The van der Waals surface area contributed by atoms with Gasteiger partial charge >= 0.3 is 0 Å². The number of carbonyl (C=O) groups excluding carboxylic acids is 1. The van der Waals surface area contributed by atoms with Gasteiger partial charge in [0, 0.05) is 5.56 Å². The lowest BCUT2D eigenvalue weighted by atomic mass is 10.1. The molecule has 0 unspecified atom stereocenters. The largest absolute Gasteiger partial charge is 0.452 e. The van der Waals surface area contributed by atoms with Gasteiger partial charge in [-0.1, -0.05) is 59.8 Å². The Morgan fingerprint density at radius 2 is 1.61 bits per heavy atom. The van der Waals surface area contributed by atoms with Crippen LogP contribution in [0.2, 0.25) is 0 Å². The van der Waals surface area contributed by atoms with Crippen molar-refractivity contribution in [3.63, 3.8) is 0 Å². The van der Waals surface area contributed by atoms with E-state index in [0.717, 1.165) is 22.5 Å². The molecule has 0 saturated heterocycles. The molecule has 0 atom stereocenters. The van der Waals surface area contributed by atoms with Crippen LogP contribution in [0.15, 0.2) is 90.8 Å². The van der Waals surface area contributed by atoms with E-state index in [2.05, 4.69) is 10.3 Å². The molecule has 5 nitrogen and oxygen atoms in total. The highest BCUT2D eigenvalue weighted by Gasteiger charge is 2.26. The zero-order valence-electron chi connectivity index (χ0n) is 14.8. The minimum absolute atomic E-state index is 0.0940. The molecule has 0 bridgehead atoms. The first-order chi connectivity index (χ1) is 13.8.